The fraction of sp³-hybridized carbons (Fsp3) is 0.261. The van der Waals surface area contributed by atoms with E-state index in [2.05, 4.69) is 0 Å². The number of hydrogen-bond donors (Lipinski definition) is 0. The number of thioether (sulfide) groups is 1. The van der Waals surface area contributed by atoms with Crippen LogP contribution in [0, 0.1) is 6.92 Å². The van der Waals surface area contributed by atoms with Crippen molar-refractivity contribution < 1.29 is 14.3 Å². The van der Waals surface area contributed by atoms with Crippen LogP contribution in [0.2, 0.25) is 0 Å². The number of rotatable bonds is 4. The SMILES string of the molecule is COC(=O)[C@@H]1CN(C(=O)c2cn(-c3ccccc3)nc2-c2ccc(C)cc2)CCS1. The van der Waals surface area contributed by atoms with Crippen LogP contribution in [-0.4, -0.2) is 57.8 Å². The number of nitrogens with zero attached hydrogens (tertiary/aromatic N) is 3. The van der Waals surface area contributed by atoms with Gasteiger partial charge < -0.3 is 9.64 Å². The minimum Gasteiger partial charge on any atom is -0.468 e. The highest BCUT2D eigenvalue weighted by Gasteiger charge is 2.32. The Bertz CT molecular complexity index is 1050. The molecule has 1 atom stereocenters. The molecule has 4 rings (SSSR count). The predicted molar refractivity (Wildman–Crippen MR) is 118 cm³/mol. The first-order valence-electron chi connectivity index (χ1n) is 9.77. The van der Waals surface area contributed by atoms with E-state index >= 15 is 0 Å². The van der Waals surface area contributed by atoms with Gasteiger partial charge in [-0.3, -0.25) is 9.59 Å². The standard InChI is InChI=1S/C23H23N3O3S/c1-16-8-10-17(11-9-16)21-19(14-26(24-21)18-6-4-3-5-7-18)22(27)25-12-13-30-20(15-25)23(28)29-2/h3-11,14,20H,12-13,15H2,1-2H3/t20-/m0/s1. The van der Waals surface area contributed by atoms with Crippen LogP contribution >= 0.6 is 11.8 Å². The zero-order valence-corrected chi connectivity index (χ0v) is 17.8. The van der Waals surface area contributed by atoms with Crippen LogP contribution in [-0.2, 0) is 9.53 Å². The van der Waals surface area contributed by atoms with Crippen molar-refractivity contribution >= 4 is 23.6 Å². The van der Waals surface area contributed by atoms with Gasteiger partial charge in [0.05, 0.1) is 18.4 Å². The van der Waals surface area contributed by atoms with E-state index in [4.69, 9.17) is 9.84 Å². The fourth-order valence-electron chi connectivity index (χ4n) is 3.45. The summed E-state index contributed by atoms with van der Waals surface area (Å²) in [5.74, 6) is 0.274. The molecule has 3 aromatic rings. The number of benzene rings is 2. The zero-order chi connectivity index (χ0) is 21.1. The third-order valence-electron chi connectivity index (χ3n) is 5.11. The Hall–Kier alpha value is -3.06. The van der Waals surface area contributed by atoms with Crippen molar-refractivity contribution in [3.63, 3.8) is 0 Å². The molecule has 1 aromatic heterocycles. The van der Waals surface area contributed by atoms with Crippen LogP contribution in [0.25, 0.3) is 16.9 Å². The van der Waals surface area contributed by atoms with E-state index in [1.165, 1.54) is 18.9 Å². The minimum atomic E-state index is -0.361. The van der Waals surface area contributed by atoms with E-state index in [0.717, 1.165) is 16.8 Å². The van der Waals surface area contributed by atoms with Crippen molar-refractivity contribution in [3.8, 4) is 16.9 Å². The van der Waals surface area contributed by atoms with Crippen LogP contribution in [0.1, 0.15) is 15.9 Å². The van der Waals surface area contributed by atoms with E-state index in [0.29, 0.717) is 30.1 Å². The summed E-state index contributed by atoms with van der Waals surface area (Å²) in [6.07, 6.45) is 1.78. The molecule has 154 valence electrons. The summed E-state index contributed by atoms with van der Waals surface area (Å²) in [5, 5.41) is 4.38. The van der Waals surface area contributed by atoms with Gasteiger partial charge in [0, 0.05) is 30.6 Å². The van der Waals surface area contributed by atoms with Gasteiger partial charge in [0.2, 0.25) is 0 Å². The second-order valence-corrected chi connectivity index (χ2v) is 8.48. The predicted octanol–water partition coefficient (Wildman–Crippen LogP) is 3.58. The molecule has 30 heavy (non-hydrogen) atoms. The molecule has 0 radical (unpaired) electrons. The van der Waals surface area contributed by atoms with E-state index in [-0.39, 0.29) is 17.1 Å². The first-order valence-corrected chi connectivity index (χ1v) is 10.8. The van der Waals surface area contributed by atoms with Gasteiger partial charge in [0.1, 0.15) is 10.9 Å². The fourth-order valence-corrected chi connectivity index (χ4v) is 4.57. The van der Waals surface area contributed by atoms with E-state index < -0.39 is 0 Å². The maximum Gasteiger partial charge on any atom is 0.320 e. The van der Waals surface area contributed by atoms with Gasteiger partial charge in [-0.05, 0) is 19.1 Å². The number of amides is 1. The lowest BCUT2D eigenvalue weighted by Crippen LogP contribution is -2.45. The highest BCUT2D eigenvalue weighted by Crippen LogP contribution is 2.27. The van der Waals surface area contributed by atoms with Crippen LogP contribution < -0.4 is 0 Å². The molecule has 0 spiro atoms. The maximum absolute atomic E-state index is 13.5. The Balaban J connectivity index is 1.72. The number of hydrogen-bond acceptors (Lipinski definition) is 5. The lowest BCUT2D eigenvalue weighted by atomic mass is 10.1. The van der Waals surface area contributed by atoms with Gasteiger partial charge in [0.25, 0.3) is 5.91 Å². The quantitative estimate of drug-likeness (QED) is 0.603. The molecule has 1 aliphatic rings. The highest BCUT2D eigenvalue weighted by molar-refractivity contribution is 8.00. The van der Waals surface area contributed by atoms with E-state index in [9.17, 15) is 9.59 Å². The Labute approximate surface area is 179 Å². The summed E-state index contributed by atoms with van der Waals surface area (Å²) in [6, 6.07) is 17.7. The molecule has 1 fully saturated rings. The number of aryl methyl sites for hydroxylation is 1. The van der Waals surface area contributed by atoms with E-state index in [1.807, 2.05) is 61.5 Å². The Morgan fingerprint density at radius 1 is 1.10 bits per heavy atom. The lowest BCUT2D eigenvalue weighted by Gasteiger charge is -2.30. The number of aromatic nitrogens is 2. The Morgan fingerprint density at radius 2 is 1.83 bits per heavy atom. The van der Waals surface area contributed by atoms with Gasteiger partial charge in [0.15, 0.2) is 0 Å². The molecule has 0 unspecified atom stereocenters. The third-order valence-corrected chi connectivity index (χ3v) is 6.27. The molecule has 0 aliphatic carbocycles. The van der Waals surface area contributed by atoms with Crippen molar-refractivity contribution in [3.05, 3.63) is 71.9 Å². The molecular formula is C23H23N3O3S. The van der Waals surface area contributed by atoms with Crippen LogP contribution in [0.5, 0.6) is 0 Å². The largest absolute Gasteiger partial charge is 0.468 e. The minimum absolute atomic E-state index is 0.123. The third kappa shape index (κ3) is 4.11. The smallest absolute Gasteiger partial charge is 0.320 e. The number of para-hydroxylation sites is 1. The first-order chi connectivity index (χ1) is 14.6. The van der Waals surface area contributed by atoms with Gasteiger partial charge in [-0.25, -0.2) is 4.68 Å². The van der Waals surface area contributed by atoms with Gasteiger partial charge >= 0.3 is 5.97 Å². The molecule has 2 heterocycles. The number of carbonyl (C=O) groups excluding carboxylic acids is 2. The lowest BCUT2D eigenvalue weighted by molar-refractivity contribution is -0.140. The van der Waals surface area contributed by atoms with Crippen molar-refractivity contribution in [2.45, 2.75) is 12.2 Å². The van der Waals surface area contributed by atoms with Gasteiger partial charge in [-0.15, -0.1) is 11.8 Å². The average molecular weight is 422 g/mol. The summed E-state index contributed by atoms with van der Waals surface area (Å²) >= 11 is 1.53. The van der Waals surface area contributed by atoms with Gasteiger partial charge in [-0.1, -0.05) is 48.0 Å². The summed E-state index contributed by atoms with van der Waals surface area (Å²) < 4.78 is 6.61. The molecule has 6 nitrogen and oxygen atoms in total. The molecule has 0 saturated carbocycles. The highest BCUT2D eigenvalue weighted by atomic mass is 32.2. The molecule has 1 saturated heterocycles. The molecule has 1 aliphatic heterocycles. The first kappa shape index (κ1) is 20.2. The summed E-state index contributed by atoms with van der Waals surface area (Å²) in [4.78, 5) is 27.2. The van der Waals surface area contributed by atoms with Crippen molar-refractivity contribution in [2.24, 2.45) is 0 Å². The number of carbonyl (C=O) groups is 2. The monoisotopic (exact) mass is 421 g/mol. The molecule has 1 amide bonds. The van der Waals surface area contributed by atoms with Crippen molar-refractivity contribution in [1.29, 1.82) is 0 Å². The summed E-state index contributed by atoms with van der Waals surface area (Å²) in [7, 11) is 1.38. The van der Waals surface area contributed by atoms with Crippen LogP contribution in [0.3, 0.4) is 0 Å². The number of esters is 1. The zero-order valence-electron chi connectivity index (χ0n) is 16.9. The molecule has 0 N–H and O–H groups in total. The van der Waals surface area contributed by atoms with Crippen LogP contribution in [0.15, 0.2) is 60.8 Å². The molecular weight excluding hydrogens is 398 g/mol. The van der Waals surface area contributed by atoms with Crippen LogP contribution in [0.4, 0.5) is 0 Å². The Morgan fingerprint density at radius 3 is 2.53 bits per heavy atom. The summed E-state index contributed by atoms with van der Waals surface area (Å²) in [6.45, 7) is 2.94. The molecule has 7 heteroatoms. The average Bonchev–Trinajstić information content (AvgIpc) is 3.24. The normalized spacial score (nSPS) is 16.3. The molecule has 0 bridgehead atoms. The second kappa shape index (κ2) is 8.75. The van der Waals surface area contributed by atoms with Crippen molar-refractivity contribution in [2.75, 3.05) is 26.0 Å². The number of methoxy groups -OCH3 is 1. The second-order valence-electron chi connectivity index (χ2n) is 7.17. The molecule has 2 aromatic carbocycles. The summed E-state index contributed by atoms with van der Waals surface area (Å²) in [5.41, 5.74) is 4.07. The van der Waals surface area contributed by atoms with E-state index in [1.54, 1.807) is 15.8 Å². The number of ether oxygens (including phenoxy) is 1. The topological polar surface area (TPSA) is 64.4 Å². The van der Waals surface area contributed by atoms with Gasteiger partial charge in [-0.2, -0.15) is 5.10 Å². The maximum atomic E-state index is 13.5. The van der Waals surface area contributed by atoms with Crippen molar-refractivity contribution in [1.82, 2.24) is 14.7 Å². The Kier molecular flexibility index (Phi) is 5.90.